The predicted molar refractivity (Wildman–Crippen MR) is 111 cm³/mol. The van der Waals surface area contributed by atoms with E-state index in [0.29, 0.717) is 26.3 Å². The molecule has 2 amide bonds. The molecular weight excluding hydrogens is 388 g/mol. The summed E-state index contributed by atoms with van der Waals surface area (Å²) in [5.41, 5.74) is 0. The first-order chi connectivity index (χ1) is 14.7. The Balaban J connectivity index is 1.30. The number of hydrogen-bond acceptors (Lipinski definition) is 6. The summed E-state index contributed by atoms with van der Waals surface area (Å²) in [4.78, 5) is 31.1. The van der Waals surface area contributed by atoms with Crippen molar-refractivity contribution in [2.75, 3.05) is 26.3 Å². The smallest absolute Gasteiger partial charge is 0.407 e. The number of aromatic nitrogens is 4. The summed E-state index contributed by atoms with van der Waals surface area (Å²) < 4.78 is 14.2. The van der Waals surface area contributed by atoms with Crippen LogP contribution in [-0.4, -0.2) is 57.6 Å². The number of carbonyl (C=O) groups excluding carboxylic acids is 2. The van der Waals surface area contributed by atoms with E-state index in [2.05, 4.69) is 20.6 Å². The molecule has 2 N–H and O–H groups in total. The van der Waals surface area contributed by atoms with Crippen molar-refractivity contribution < 1.29 is 19.1 Å². The van der Waals surface area contributed by atoms with Crippen molar-refractivity contribution in [3.05, 3.63) is 37.4 Å². The number of rotatable bonds is 15. The van der Waals surface area contributed by atoms with Crippen molar-refractivity contribution in [3.63, 3.8) is 0 Å². The van der Waals surface area contributed by atoms with E-state index < -0.39 is 0 Å². The van der Waals surface area contributed by atoms with Gasteiger partial charge in [0.2, 0.25) is 0 Å². The van der Waals surface area contributed by atoms with Gasteiger partial charge >= 0.3 is 12.2 Å². The molecule has 0 fully saturated rings. The van der Waals surface area contributed by atoms with Gasteiger partial charge in [0.05, 0.1) is 25.9 Å². The highest BCUT2D eigenvalue weighted by molar-refractivity contribution is 5.67. The van der Waals surface area contributed by atoms with Crippen LogP contribution in [0.2, 0.25) is 0 Å². The number of alkyl carbamates (subject to hydrolysis) is 2. The number of aryl methyl sites for hydroxylation is 2. The van der Waals surface area contributed by atoms with Gasteiger partial charge in [0, 0.05) is 51.0 Å². The van der Waals surface area contributed by atoms with Crippen molar-refractivity contribution in [2.24, 2.45) is 0 Å². The highest BCUT2D eigenvalue weighted by Gasteiger charge is 2.03. The Morgan fingerprint density at radius 2 is 1.17 bits per heavy atom. The molecule has 10 heteroatoms. The SMILES string of the molecule is O=C(NCCCn1ccnc1)OCCCCCCOC(=O)NCCCn1ccnc1. The first-order valence-corrected chi connectivity index (χ1v) is 10.5. The monoisotopic (exact) mass is 420 g/mol. The minimum Gasteiger partial charge on any atom is -0.450 e. The van der Waals surface area contributed by atoms with Crippen molar-refractivity contribution in [1.82, 2.24) is 29.7 Å². The zero-order valence-electron chi connectivity index (χ0n) is 17.4. The number of carbonyl (C=O) groups is 2. The van der Waals surface area contributed by atoms with Crippen LogP contribution in [0.25, 0.3) is 0 Å². The lowest BCUT2D eigenvalue weighted by molar-refractivity contribution is 0.138. The van der Waals surface area contributed by atoms with Crippen LogP contribution < -0.4 is 10.6 Å². The fourth-order valence-corrected chi connectivity index (χ4v) is 2.73. The highest BCUT2D eigenvalue weighted by atomic mass is 16.6. The molecule has 0 unspecified atom stereocenters. The molecule has 0 saturated carbocycles. The largest absolute Gasteiger partial charge is 0.450 e. The lowest BCUT2D eigenvalue weighted by atomic mass is 10.2. The molecule has 0 bridgehead atoms. The molecule has 166 valence electrons. The molecule has 0 saturated heterocycles. The molecular formula is C20H32N6O4. The summed E-state index contributed by atoms with van der Waals surface area (Å²) in [6.07, 6.45) is 15.1. The van der Waals surface area contributed by atoms with Gasteiger partial charge in [-0.25, -0.2) is 19.6 Å². The molecule has 0 aliphatic rings. The number of ether oxygens (including phenoxy) is 2. The van der Waals surface area contributed by atoms with Crippen LogP contribution in [-0.2, 0) is 22.6 Å². The summed E-state index contributed by atoms with van der Waals surface area (Å²) >= 11 is 0. The van der Waals surface area contributed by atoms with Crippen LogP contribution >= 0.6 is 0 Å². The minimum atomic E-state index is -0.381. The molecule has 0 aliphatic carbocycles. The van der Waals surface area contributed by atoms with Crippen molar-refractivity contribution >= 4 is 12.2 Å². The molecule has 0 radical (unpaired) electrons. The summed E-state index contributed by atoms with van der Waals surface area (Å²) in [5.74, 6) is 0. The van der Waals surface area contributed by atoms with Crippen molar-refractivity contribution in [2.45, 2.75) is 51.6 Å². The average Bonchev–Trinajstić information content (AvgIpc) is 3.45. The second kappa shape index (κ2) is 14.9. The highest BCUT2D eigenvalue weighted by Crippen LogP contribution is 2.01. The Bertz CT molecular complexity index is 630. The molecule has 30 heavy (non-hydrogen) atoms. The first-order valence-electron chi connectivity index (χ1n) is 10.5. The average molecular weight is 421 g/mol. The van der Waals surface area contributed by atoms with E-state index >= 15 is 0 Å². The van der Waals surface area contributed by atoms with Crippen LogP contribution in [0.5, 0.6) is 0 Å². The molecule has 10 nitrogen and oxygen atoms in total. The molecule has 2 rings (SSSR count). The Morgan fingerprint density at radius 1 is 0.700 bits per heavy atom. The topological polar surface area (TPSA) is 112 Å². The van der Waals surface area contributed by atoms with Gasteiger partial charge in [-0.2, -0.15) is 0 Å². The van der Waals surface area contributed by atoms with Gasteiger partial charge in [-0.1, -0.05) is 0 Å². The fourth-order valence-electron chi connectivity index (χ4n) is 2.73. The van der Waals surface area contributed by atoms with E-state index in [-0.39, 0.29) is 12.2 Å². The van der Waals surface area contributed by atoms with E-state index in [1.54, 1.807) is 25.0 Å². The second-order valence-corrected chi connectivity index (χ2v) is 6.85. The third-order valence-corrected chi connectivity index (χ3v) is 4.35. The molecule has 2 heterocycles. The molecule has 0 aromatic carbocycles. The van der Waals surface area contributed by atoms with Crippen molar-refractivity contribution in [1.29, 1.82) is 0 Å². The number of nitrogens with zero attached hydrogens (tertiary/aromatic N) is 4. The van der Waals surface area contributed by atoms with E-state index in [1.807, 2.05) is 21.5 Å². The second-order valence-electron chi connectivity index (χ2n) is 6.85. The van der Waals surface area contributed by atoms with Crippen LogP contribution in [0.3, 0.4) is 0 Å². The Morgan fingerprint density at radius 3 is 1.57 bits per heavy atom. The number of nitrogens with one attached hydrogen (secondary N) is 2. The third-order valence-electron chi connectivity index (χ3n) is 4.35. The van der Waals surface area contributed by atoms with Crippen LogP contribution in [0, 0.1) is 0 Å². The maximum Gasteiger partial charge on any atom is 0.407 e. The summed E-state index contributed by atoms with van der Waals surface area (Å²) in [6.45, 7) is 3.55. The van der Waals surface area contributed by atoms with Crippen LogP contribution in [0.4, 0.5) is 9.59 Å². The third kappa shape index (κ3) is 11.1. The van der Waals surface area contributed by atoms with Crippen LogP contribution in [0.1, 0.15) is 38.5 Å². The van der Waals surface area contributed by atoms with E-state index in [4.69, 9.17) is 9.47 Å². The van der Waals surface area contributed by atoms with Crippen molar-refractivity contribution in [3.8, 4) is 0 Å². The van der Waals surface area contributed by atoms with Gasteiger partial charge in [0.25, 0.3) is 0 Å². The van der Waals surface area contributed by atoms with Gasteiger partial charge in [-0.15, -0.1) is 0 Å². The predicted octanol–water partition coefficient (Wildman–Crippen LogP) is 2.57. The summed E-state index contributed by atoms with van der Waals surface area (Å²) in [6, 6.07) is 0. The Labute approximate surface area is 177 Å². The Hall–Kier alpha value is -3.04. The van der Waals surface area contributed by atoms with E-state index in [9.17, 15) is 9.59 Å². The standard InChI is InChI=1S/C20H32N6O4/c27-19(23-7-5-11-25-13-9-21-17-25)29-15-3-1-2-4-16-30-20(28)24-8-6-12-26-14-10-22-18-26/h9-10,13-14,17-18H,1-8,11-12,15-16H2,(H,23,27)(H,24,28). The van der Waals surface area contributed by atoms with Crippen LogP contribution in [0.15, 0.2) is 37.4 Å². The normalized spacial score (nSPS) is 10.5. The minimum absolute atomic E-state index is 0.381. The van der Waals surface area contributed by atoms with Gasteiger partial charge < -0.3 is 29.2 Å². The van der Waals surface area contributed by atoms with E-state index in [1.165, 1.54) is 0 Å². The zero-order valence-corrected chi connectivity index (χ0v) is 17.4. The lowest BCUT2D eigenvalue weighted by Gasteiger charge is -2.08. The number of amides is 2. The number of imidazole rings is 2. The molecule has 0 atom stereocenters. The molecule has 0 spiro atoms. The summed E-state index contributed by atoms with van der Waals surface area (Å²) in [7, 11) is 0. The van der Waals surface area contributed by atoms with Gasteiger partial charge in [-0.3, -0.25) is 0 Å². The summed E-state index contributed by atoms with van der Waals surface area (Å²) in [5, 5.41) is 5.47. The molecule has 2 aromatic rings. The fraction of sp³-hybridized carbons (Fsp3) is 0.600. The maximum atomic E-state index is 11.6. The lowest BCUT2D eigenvalue weighted by Crippen LogP contribution is -2.26. The quantitative estimate of drug-likeness (QED) is 0.428. The van der Waals surface area contributed by atoms with Gasteiger partial charge in [0.1, 0.15) is 0 Å². The molecule has 0 aliphatic heterocycles. The number of hydrogen-bond donors (Lipinski definition) is 2. The molecule has 2 aromatic heterocycles. The number of unbranched alkanes of at least 4 members (excludes halogenated alkanes) is 3. The Kier molecular flexibility index (Phi) is 11.5. The maximum absolute atomic E-state index is 11.6. The van der Waals surface area contributed by atoms with Gasteiger partial charge in [-0.05, 0) is 38.5 Å². The first kappa shape index (κ1) is 23.2. The van der Waals surface area contributed by atoms with Gasteiger partial charge in [0.15, 0.2) is 0 Å². The van der Waals surface area contributed by atoms with E-state index in [0.717, 1.165) is 51.6 Å². The zero-order chi connectivity index (χ0) is 21.3.